The molecule has 0 radical (unpaired) electrons. The molecule has 0 saturated carbocycles. The molecule has 0 unspecified atom stereocenters. The lowest BCUT2D eigenvalue weighted by Crippen LogP contribution is -2.33. The summed E-state index contributed by atoms with van der Waals surface area (Å²) in [7, 11) is 0. The lowest BCUT2D eigenvalue weighted by Gasteiger charge is -2.42. The maximum absolute atomic E-state index is 5.49. The highest BCUT2D eigenvalue weighted by Gasteiger charge is 2.38. The van der Waals surface area contributed by atoms with Crippen LogP contribution >= 0.6 is 0 Å². The monoisotopic (exact) mass is 799 g/mol. The van der Waals surface area contributed by atoms with Crippen LogP contribution in [-0.2, 0) is 10.8 Å². The van der Waals surface area contributed by atoms with Crippen LogP contribution in [0.25, 0.3) is 99.9 Å². The lowest BCUT2D eigenvalue weighted by atomic mass is 9.63. The molecule has 0 bridgehead atoms. The minimum atomic E-state index is 0.00398. The first kappa shape index (κ1) is 36.5. The predicted molar refractivity (Wildman–Crippen MR) is 258 cm³/mol. The highest BCUT2D eigenvalue weighted by Crippen LogP contribution is 2.49. The van der Waals surface area contributed by atoms with Gasteiger partial charge in [0.2, 0.25) is 5.95 Å². The van der Waals surface area contributed by atoms with Gasteiger partial charge in [0.05, 0.1) is 22.1 Å². The Kier molecular flexibility index (Phi) is 7.98. The first-order valence-corrected chi connectivity index (χ1v) is 21.7. The average molecular weight is 800 g/mol. The normalized spacial score (nSPS) is 14.6. The Balaban J connectivity index is 1.20. The van der Waals surface area contributed by atoms with Crippen molar-refractivity contribution in [3.63, 3.8) is 0 Å². The molecule has 5 nitrogen and oxygen atoms in total. The Bertz CT molecular complexity index is 3550. The molecule has 0 N–H and O–H groups in total. The smallest absolute Gasteiger partial charge is 0.238 e. The van der Waals surface area contributed by atoms with Gasteiger partial charge < -0.3 is 4.57 Å². The van der Waals surface area contributed by atoms with Gasteiger partial charge in [0.15, 0.2) is 11.6 Å². The van der Waals surface area contributed by atoms with Crippen LogP contribution in [0.2, 0.25) is 0 Å². The molecule has 0 atom stereocenters. The summed E-state index contributed by atoms with van der Waals surface area (Å²) in [4.78, 5) is 16.3. The number of hydrogen-bond acceptors (Lipinski definition) is 3. The van der Waals surface area contributed by atoms with Crippen LogP contribution in [0.3, 0.4) is 0 Å². The van der Waals surface area contributed by atoms with E-state index in [-0.39, 0.29) is 10.8 Å². The van der Waals surface area contributed by atoms with Crippen LogP contribution in [0.4, 0.5) is 0 Å². The van der Waals surface area contributed by atoms with Crippen LogP contribution < -0.4 is 0 Å². The SMILES string of the molecule is CC1(C)CCC(C)(C)c2cc3c(cc21)c1cc2c(cc1n3-c1nc(-c3ccc(-c4ccccc4)cc3)nc(-c3cccc4ccccc34)n1)c1ccccc1n2-c1ccccc1. The van der Waals surface area contributed by atoms with Gasteiger partial charge in [-0.25, -0.2) is 4.98 Å². The molecule has 11 aromatic rings. The van der Waals surface area contributed by atoms with Crippen molar-refractivity contribution in [2.45, 2.75) is 51.4 Å². The summed E-state index contributed by atoms with van der Waals surface area (Å²) >= 11 is 0. The number of aromatic nitrogens is 5. The highest BCUT2D eigenvalue weighted by molar-refractivity contribution is 6.19. The van der Waals surface area contributed by atoms with Gasteiger partial charge in [-0.05, 0) is 99.2 Å². The molecule has 1 aliphatic rings. The van der Waals surface area contributed by atoms with E-state index in [9.17, 15) is 0 Å². The van der Waals surface area contributed by atoms with Gasteiger partial charge in [-0.1, -0.05) is 161 Å². The maximum Gasteiger partial charge on any atom is 0.238 e. The van der Waals surface area contributed by atoms with E-state index in [1.165, 1.54) is 49.3 Å². The molecule has 8 aromatic carbocycles. The summed E-state index contributed by atoms with van der Waals surface area (Å²) in [6, 6.07) is 63.3. The van der Waals surface area contributed by atoms with E-state index in [0.717, 1.165) is 57.0 Å². The van der Waals surface area contributed by atoms with E-state index in [1.807, 2.05) is 0 Å². The zero-order valence-electron chi connectivity index (χ0n) is 35.4. The average Bonchev–Trinajstić information content (AvgIpc) is 3.81. The molecule has 5 heteroatoms. The van der Waals surface area contributed by atoms with Crippen LogP contribution in [0.5, 0.6) is 0 Å². The van der Waals surface area contributed by atoms with Crippen molar-refractivity contribution in [1.29, 1.82) is 0 Å². The second-order valence-corrected chi connectivity index (χ2v) is 18.3. The Morgan fingerprint density at radius 1 is 0.387 bits per heavy atom. The quantitative estimate of drug-likeness (QED) is 0.174. The summed E-state index contributed by atoms with van der Waals surface area (Å²) in [5.41, 5.74) is 12.8. The van der Waals surface area contributed by atoms with Crippen LogP contribution in [0.15, 0.2) is 176 Å². The minimum Gasteiger partial charge on any atom is -0.309 e. The molecular formula is C57H45N5. The van der Waals surface area contributed by atoms with Gasteiger partial charge in [-0.2, -0.15) is 9.97 Å². The molecular weight excluding hydrogens is 755 g/mol. The summed E-state index contributed by atoms with van der Waals surface area (Å²) in [6.45, 7) is 9.63. The summed E-state index contributed by atoms with van der Waals surface area (Å²) in [5.74, 6) is 1.88. The zero-order chi connectivity index (χ0) is 41.7. The number of fused-ring (bicyclic) bond motifs is 8. The van der Waals surface area contributed by atoms with Crippen molar-refractivity contribution in [3.05, 3.63) is 187 Å². The number of rotatable bonds is 5. The third-order valence-electron chi connectivity index (χ3n) is 13.6. The molecule has 0 fully saturated rings. The lowest BCUT2D eigenvalue weighted by molar-refractivity contribution is 0.332. The second kappa shape index (κ2) is 13.6. The fraction of sp³-hybridized carbons (Fsp3) is 0.140. The molecule has 0 saturated heterocycles. The molecule has 298 valence electrons. The predicted octanol–water partition coefficient (Wildman–Crippen LogP) is 14.6. The van der Waals surface area contributed by atoms with Gasteiger partial charge in [0.1, 0.15) is 0 Å². The van der Waals surface area contributed by atoms with Crippen LogP contribution in [0.1, 0.15) is 51.7 Å². The van der Waals surface area contributed by atoms with Crippen molar-refractivity contribution in [2.24, 2.45) is 0 Å². The van der Waals surface area contributed by atoms with E-state index in [1.54, 1.807) is 0 Å². The van der Waals surface area contributed by atoms with E-state index in [4.69, 9.17) is 15.0 Å². The van der Waals surface area contributed by atoms with E-state index < -0.39 is 0 Å². The molecule has 0 aliphatic heterocycles. The molecule has 62 heavy (non-hydrogen) atoms. The van der Waals surface area contributed by atoms with Crippen LogP contribution in [0, 0.1) is 0 Å². The maximum atomic E-state index is 5.49. The number of hydrogen-bond donors (Lipinski definition) is 0. The van der Waals surface area contributed by atoms with Gasteiger partial charge in [-0.3, -0.25) is 4.57 Å². The Morgan fingerprint density at radius 2 is 0.919 bits per heavy atom. The highest BCUT2D eigenvalue weighted by atomic mass is 15.2. The molecule has 3 heterocycles. The third kappa shape index (κ3) is 5.65. The molecule has 0 amide bonds. The molecule has 12 rings (SSSR count). The third-order valence-corrected chi connectivity index (χ3v) is 13.6. The van der Waals surface area contributed by atoms with Crippen molar-refractivity contribution >= 4 is 54.4 Å². The van der Waals surface area contributed by atoms with E-state index in [0.29, 0.717) is 17.6 Å². The second-order valence-electron chi connectivity index (χ2n) is 18.3. The Labute approximate surface area is 361 Å². The summed E-state index contributed by atoms with van der Waals surface area (Å²) in [5, 5.41) is 7.02. The zero-order valence-corrected chi connectivity index (χ0v) is 35.4. The Hall–Kier alpha value is -7.37. The van der Waals surface area contributed by atoms with Gasteiger partial charge in [0, 0.05) is 38.4 Å². The number of para-hydroxylation sites is 2. The summed E-state index contributed by atoms with van der Waals surface area (Å²) in [6.07, 6.45) is 2.26. The standard InChI is InChI=1S/C57H45N5/c1-56(2)30-31-57(3,4)48-35-52-44(32-47(48)56)46-34-50-45(42-23-13-14-25-49(42)61(50)40-20-9-6-10-21-40)33-51(46)62(52)55-59-53(39-28-26-37(27-29-39)36-16-7-5-8-17-36)58-54(60-55)43-24-15-19-38-18-11-12-22-41(38)43/h5-29,32-35H,30-31H2,1-4H3. The first-order chi connectivity index (χ1) is 30.2. The van der Waals surface area contributed by atoms with E-state index in [2.05, 4.69) is 213 Å². The molecule has 1 aliphatic carbocycles. The fourth-order valence-electron chi connectivity index (χ4n) is 10.2. The molecule has 3 aromatic heterocycles. The fourth-order valence-corrected chi connectivity index (χ4v) is 10.2. The van der Waals surface area contributed by atoms with Crippen molar-refractivity contribution in [2.75, 3.05) is 0 Å². The summed E-state index contributed by atoms with van der Waals surface area (Å²) < 4.78 is 4.74. The van der Waals surface area contributed by atoms with Gasteiger partial charge in [-0.15, -0.1) is 0 Å². The molecule has 0 spiro atoms. The van der Waals surface area contributed by atoms with Crippen molar-refractivity contribution in [1.82, 2.24) is 24.1 Å². The Morgan fingerprint density at radius 3 is 1.68 bits per heavy atom. The van der Waals surface area contributed by atoms with Gasteiger partial charge in [0.25, 0.3) is 0 Å². The topological polar surface area (TPSA) is 48.5 Å². The van der Waals surface area contributed by atoms with Crippen LogP contribution in [-0.4, -0.2) is 24.1 Å². The van der Waals surface area contributed by atoms with E-state index >= 15 is 0 Å². The van der Waals surface area contributed by atoms with Gasteiger partial charge >= 0.3 is 0 Å². The first-order valence-electron chi connectivity index (χ1n) is 21.7. The number of nitrogens with zero attached hydrogens (tertiary/aromatic N) is 5. The van der Waals surface area contributed by atoms with Crippen molar-refractivity contribution < 1.29 is 0 Å². The number of benzene rings is 8. The largest absolute Gasteiger partial charge is 0.309 e. The van der Waals surface area contributed by atoms with Crippen molar-refractivity contribution in [3.8, 4) is 45.5 Å². The minimum absolute atomic E-state index is 0.00398.